The lowest BCUT2D eigenvalue weighted by molar-refractivity contribution is 0.156. The molecule has 0 bridgehead atoms. The van der Waals surface area contributed by atoms with Gasteiger partial charge in [-0.25, -0.2) is 0 Å². The lowest BCUT2D eigenvalue weighted by Crippen LogP contribution is -2.52. The molecule has 1 unspecified atom stereocenters. The Labute approximate surface area is 122 Å². The Morgan fingerprint density at radius 3 is 2.84 bits per heavy atom. The van der Waals surface area contributed by atoms with Crippen molar-refractivity contribution in [2.45, 2.75) is 58.0 Å². The second-order valence-corrected chi connectivity index (χ2v) is 6.70. The molecule has 1 saturated heterocycles. The molecule has 1 aliphatic rings. The van der Waals surface area contributed by atoms with Crippen molar-refractivity contribution in [3.05, 3.63) is 22.4 Å². The van der Waals surface area contributed by atoms with E-state index in [4.69, 9.17) is 0 Å². The molecule has 1 aromatic heterocycles. The Morgan fingerprint density at radius 2 is 2.21 bits per heavy atom. The summed E-state index contributed by atoms with van der Waals surface area (Å²) in [5, 5.41) is 8.28. The van der Waals surface area contributed by atoms with Crippen LogP contribution in [0.3, 0.4) is 0 Å². The van der Waals surface area contributed by atoms with Gasteiger partial charge < -0.3 is 5.32 Å². The van der Waals surface area contributed by atoms with E-state index >= 15 is 0 Å². The van der Waals surface area contributed by atoms with E-state index in [1.54, 1.807) is 0 Å². The molecular weight excluding hydrogens is 252 g/mol. The number of nitrogens with zero attached hydrogens (tertiary/aromatic N) is 1. The molecular formula is C16H28N2S. The minimum absolute atomic E-state index is 0.333. The van der Waals surface area contributed by atoms with E-state index in [9.17, 15) is 0 Å². The first-order chi connectivity index (χ1) is 9.19. The molecule has 19 heavy (non-hydrogen) atoms. The van der Waals surface area contributed by atoms with Gasteiger partial charge in [-0.3, -0.25) is 4.90 Å². The summed E-state index contributed by atoms with van der Waals surface area (Å²) in [7, 11) is 0. The molecule has 0 saturated carbocycles. The molecule has 2 heterocycles. The second kappa shape index (κ2) is 6.87. The van der Waals surface area contributed by atoms with Crippen LogP contribution in [-0.2, 0) is 6.42 Å². The van der Waals surface area contributed by atoms with E-state index in [0.29, 0.717) is 11.6 Å². The fraction of sp³-hybridized carbons (Fsp3) is 0.750. The zero-order valence-corrected chi connectivity index (χ0v) is 13.4. The Bertz CT molecular complexity index is 357. The monoisotopic (exact) mass is 280 g/mol. The smallest absolute Gasteiger partial charge is 0.0303 e. The highest BCUT2D eigenvalue weighted by Gasteiger charge is 2.31. The van der Waals surface area contributed by atoms with Gasteiger partial charge in [0.05, 0.1) is 0 Å². The van der Waals surface area contributed by atoms with Crippen LogP contribution in [0.25, 0.3) is 0 Å². The van der Waals surface area contributed by atoms with Crippen molar-refractivity contribution in [3.63, 3.8) is 0 Å². The van der Waals surface area contributed by atoms with E-state index in [2.05, 4.69) is 47.8 Å². The largest absolute Gasteiger partial charge is 0.310 e. The van der Waals surface area contributed by atoms with Crippen molar-refractivity contribution >= 4 is 11.3 Å². The molecule has 1 fully saturated rings. The molecule has 3 heteroatoms. The summed E-state index contributed by atoms with van der Waals surface area (Å²) in [6.07, 6.45) is 4.92. The molecule has 108 valence electrons. The van der Waals surface area contributed by atoms with Gasteiger partial charge in [0.1, 0.15) is 0 Å². The molecule has 2 nitrogen and oxygen atoms in total. The fourth-order valence-electron chi connectivity index (χ4n) is 3.14. The zero-order valence-electron chi connectivity index (χ0n) is 12.6. The van der Waals surface area contributed by atoms with Crippen molar-refractivity contribution in [2.24, 2.45) is 0 Å². The van der Waals surface area contributed by atoms with Crippen LogP contribution < -0.4 is 5.32 Å². The van der Waals surface area contributed by atoms with Crippen LogP contribution in [0.5, 0.6) is 0 Å². The maximum atomic E-state index is 3.80. The lowest BCUT2D eigenvalue weighted by Gasteiger charge is -2.38. The normalized spacial score (nSPS) is 22.1. The standard InChI is InChI=1S/C16H28N2S/c1-4-16(5-2)13-18(9-6-8-17-16)14(3)11-15-7-10-19-12-15/h7,10,12,14,17H,4-6,8-9,11,13H2,1-3H3. The maximum Gasteiger partial charge on any atom is 0.0303 e. The van der Waals surface area contributed by atoms with Gasteiger partial charge in [0.25, 0.3) is 0 Å². The first-order valence-corrected chi connectivity index (χ1v) is 8.63. The Morgan fingerprint density at radius 1 is 1.42 bits per heavy atom. The third kappa shape index (κ3) is 3.80. The summed E-state index contributed by atoms with van der Waals surface area (Å²) in [6.45, 7) is 10.6. The Hall–Kier alpha value is -0.380. The number of hydrogen-bond acceptors (Lipinski definition) is 3. The van der Waals surface area contributed by atoms with Gasteiger partial charge in [-0.2, -0.15) is 11.3 Å². The van der Waals surface area contributed by atoms with Gasteiger partial charge in [0.2, 0.25) is 0 Å². The molecule has 0 amide bonds. The molecule has 0 spiro atoms. The van der Waals surface area contributed by atoms with E-state index in [-0.39, 0.29) is 0 Å². The number of hydrogen-bond donors (Lipinski definition) is 1. The number of nitrogens with one attached hydrogen (secondary N) is 1. The average molecular weight is 280 g/mol. The fourth-order valence-corrected chi connectivity index (χ4v) is 3.82. The number of thiophene rings is 1. The van der Waals surface area contributed by atoms with Crippen LogP contribution >= 0.6 is 11.3 Å². The van der Waals surface area contributed by atoms with Gasteiger partial charge in [-0.1, -0.05) is 13.8 Å². The summed E-state index contributed by atoms with van der Waals surface area (Å²) in [4.78, 5) is 2.70. The van der Waals surface area contributed by atoms with Crippen LogP contribution in [-0.4, -0.2) is 36.1 Å². The van der Waals surface area contributed by atoms with Crippen LogP contribution in [0, 0.1) is 0 Å². The van der Waals surface area contributed by atoms with Crippen molar-refractivity contribution < 1.29 is 0 Å². The van der Waals surface area contributed by atoms with Gasteiger partial charge >= 0.3 is 0 Å². The SMILES string of the molecule is CCC1(CC)CN(C(C)Cc2ccsc2)CCCN1. The summed E-state index contributed by atoms with van der Waals surface area (Å²) < 4.78 is 0. The number of rotatable bonds is 5. The van der Waals surface area contributed by atoms with E-state index in [1.807, 2.05) is 11.3 Å². The minimum atomic E-state index is 0.333. The molecule has 1 aliphatic heterocycles. The predicted octanol–water partition coefficient (Wildman–Crippen LogP) is 3.53. The van der Waals surface area contributed by atoms with Gasteiger partial charge in [-0.15, -0.1) is 0 Å². The summed E-state index contributed by atoms with van der Waals surface area (Å²) in [5.74, 6) is 0. The van der Waals surface area contributed by atoms with Gasteiger partial charge in [-0.05, 0) is 68.1 Å². The molecule has 0 aliphatic carbocycles. The highest BCUT2D eigenvalue weighted by molar-refractivity contribution is 7.07. The minimum Gasteiger partial charge on any atom is -0.310 e. The zero-order chi connectivity index (χ0) is 13.7. The molecule has 0 radical (unpaired) electrons. The predicted molar refractivity (Wildman–Crippen MR) is 85.0 cm³/mol. The Balaban J connectivity index is 2.01. The first-order valence-electron chi connectivity index (χ1n) is 7.69. The molecule has 1 N–H and O–H groups in total. The highest BCUT2D eigenvalue weighted by Crippen LogP contribution is 2.22. The molecule has 1 atom stereocenters. The van der Waals surface area contributed by atoms with E-state index in [0.717, 1.165) is 0 Å². The summed E-state index contributed by atoms with van der Waals surface area (Å²) in [6, 6.07) is 2.91. The van der Waals surface area contributed by atoms with Crippen LogP contribution in [0.2, 0.25) is 0 Å². The van der Waals surface area contributed by atoms with Gasteiger partial charge in [0, 0.05) is 18.1 Å². The van der Waals surface area contributed by atoms with Crippen LogP contribution in [0.4, 0.5) is 0 Å². The summed E-state index contributed by atoms with van der Waals surface area (Å²) >= 11 is 1.81. The van der Waals surface area contributed by atoms with Crippen molar-refractivity contribution in [1.82, 2.24) is 10.2 Å². The quantitative estimate of drug-likeness (QED) is 0.887. The van der Waals surface area contributed by atoms with E-state index < -0.39 is 0 Å². The Kier molecular flexibility index (Phi) is 5.43. The maximum absolute atomic E-state index is 3.80. The second-order valence-electron chi connectivity index (χ2n) is 5.92. The molecule has 1 aromatic rings. The van der Waals surface area contributed by atoms with Crippen LogP contribution in [0.1, 0.15) is 45.6 Å². The van der Waals surface area contributed by atoms with E-state index in [1.165, 1.54) is 50.9 Å². The average Bonchev–Trinajstić information content (AvgIpc) is 2.83. The molecule has 0 aromatic carbocycles. The third-order valence-electron chi connectivity index (χ3n) is 4.72. The molecule has 2 rings (SSSR count). The van der Waals surface area contributed by atoms with Gasteiger partial charge in [0.15, 0.2) is 0 Å². The highest BCUT2D eigenvalue weighted by atomic mass is 32.1. The van der Waals surface area contributed by atoms with Crippen molar-refractivity contribution in [3.8, 4) is 0 Å². The topological polar surface area (TPSA) is 15.3 Å². The lowest BCUT2D eigenvalue weighted by atomic mass is 9.91. The first kappa shape index (κ1) is 15.0. The third-order valence-corrected chi connectivity index (χ3v) is 5.45. The van der Waals surface area contributed by atoms with Crippen molar-refractivity contribution in [1.29, 1.82) is 0 Å². The van der Waals surface area contributed by atoms with Crippen LogP contribution in [0.15, 0.2) is 16.8 Å². The summed E-state index contributed by atoms with van der Waals surface area (Å²) in [5.41, 5.74) is 1.83. The van der Waals surface area contributed by atoms with Crippen molar-refractivity contribution in [2.75, 3.05) is 19.6 Å².